The summed E-state index contributed by atoms with van der Waals surface area (Å²) < 4.78 is 28.4. The number of carbonyl (C=O) groups excluding carboxylic acids is 1. The van der Waals surface area contributed by atoms with E-state index in [1.165, 1.54) is 18.2 Å². The van der Waals surface area contributed by atoms with Crippen LogP contribution in [0.15, 0.2) is 65.6 Å². The van der Waals surface area contributed by atoms with Crippen LogP contribution in [0.3, 0.4) is 0 Å². The number of anilines is 1. The molecule has 3 rings (SSSR count). The molecule has 5 nitrogen and oxygen atoms in total. The first kappa shape index (κ1) is 22.8. The fourth-order valence-corrected chi connectivity index (χ4v) is 5.06. The maximum Gasteiger partial charge on any atom is 0.263 e. The molecule has 3 aromatic rings. The van der Waals surface area contributed by atoms with Gasteiger partial charge in [-0.1, -0.05) is 53.6 Å². The largest absolute Gasteiger partial charge is 0.346 e. The summed E-state index contributed by atoms with van der Waals surface area (Å²) in [6, 6.07) is 17.1. The number of benzene rings is 3. The number of nitrogens with one attached hydrogen (secondary N) is 2. The summed E-state index contributed by atoms with van der Waals surface area (Å²) in [5, 5.41) is 2.97. The standard InChI is InChI=1S/C24H25ClN2O3S/c1-15-9-11-20(17(3)13-15)18(4)26-24(28)19-10-12-21(25)23(14-19)31(29,30)27-22-8-6-5-7-16(22)2/h5-14,18,27H,1-4H3,(H,26,28)/t18-/m0/s1. The molecule has 31 heavy (non-hydrogen) atoms. The van der Waals surface area contributed by atoms with Crippen LogP contribution in [-0.2, 0) is 10.0 Å². The highest BCUT2D eigenvalue weighted by molar-refractivity contribution is 7.92. The van der Waals surface area contributed by atoms with Gasteiger partial charge in [-0.2, -0.15) is 0 Å². The van der Waals surface area contributed by atoms with Gasteiger partial charge in [-0.3, -0.25) is 9.52 Å². The summed E-state index contributed by atoms with van der Waals surface area (Å²) in [6.45, 7) is 7.70. The van der Waals surface area contributed by atoms with Crippen molar-refractivity contribution >= 4 is 33.2 Å². The molecule has 0 heterocycles. The minimum atomic E-state index is -3.98. The van der Waals surface area contributed by atoms with E-state index in [-0.39, 0.29) is 27.4 Å². The highest BCUT2D eigenvalue weighted by Crippen LogP contribution is 2.27. The Morgan fingerprint density at radius 1 is 0.935 bits per heavy atom. The summed E-state index contributed by atoms with van der Waals surface area (Å²) in [4.78, 5) is 12.7. The Balaban J connectivity index is 1.86. The summed E-state index contributed by atoms with van der Waals surface area (Å²) in [6.07, 6.45) is 0. The van der Waals surface area contributed by atoms with Gasteiger partial charge in [0.1, 0.15) is 4.90 Å². The fourth-order valence-electron chi connectivity index (χ4n) is 3.41. The molecule has 162 valence electrons. The number of amides is 1. The van der Waals surface area contributed by atoms with Crippen LogP contribution in [-0.4, -0.2) is 14.3 Å². The van der Waals surface area contributed by atoms with E-state index in [4.69, 9.17) is 11.6 Å². The fraction of sp³-hybridized carbons (Fsp3) is 0.208. The molecule has 0 radical (unpaired) electrons. The van der Waals surface area contributed by atoms with E-state index in [0.29, 0.717) is 5.69 Å². The molecule has 1 amide bonds. The Kier molecular flexibility index (Phi) is 6.72. The monoisotopic (exact) mass is 456 g/mol. The van der Waals surface area contributed by atoms with E-state index in [9.17, 15) is 13.2 Å². The van der Waals surface area contributed by atoms with Crippen molar-refractivity contribution in [3.05, 3.63) is 93.5 Å². The Labute approximate surface area is 188 Å². The van der Waals surface area contributed by atoms with E-state index >= 15 is 0 Å². The number of para-hydroxylation sites is 1. The van der Waals surface area contributed by atoms with Crippen molar-refractivity contribution in [2.45, 2.75) is 38.6 Å². The van der Waals surface area contributed by atoms with Gasteiger partial charge >= 0.3 is 0 Å². The molecule has 3 aromatic carbocycles. The third-order valence-electron chi connectivity index (χ3n) is 5.11. The second kappa shape index (κ2) is 9.12. The van der Waals surface area contributed by atoms with Gasteiger partial charge in [-0.25, -0.2) is 8.42 Å². The highest BCUT2D eigenvalue weighted by Gasteiger charge is 2.22. The number of sulfonamides is 1. The Morgan fingerprint density at radius 2 is 1.65 bits per heavy atom. The van der Waals surface area contributed by atoms with Crippen molar-refractivity contribution in [1.29, 1.82) is 0 Å². The van der Waals surface area contributed by atoms with Gasteiger partial charge in [0.25, 0.3) is 15.9 Å². The first-order chi connectivity index (χ1) is 14.6. The van der Waals surface area contributed by atoms with Crippen LogP contribution in [0.25, 0.3) is 0 Å². The van der Waals surface area contributed by atoms with Crippen LogP contribution in [0.4, 0.5) is 5.69 Å². The number of aryl methyl sites for hydroxylation is 3. The summed E-state index contributed by atoms with van der Waals surface area (Å²) in [5.41, 5.74) is 4.67. The van der Waals surface area contributed by atoms with Crippen molar-refractivity contribution in [3.8, 4) is 0 Å². The number of halogens is 1. The topological polar surface area (TPSA) is 75.3 Å². The number of hydrogen-bond acceptors (Lipinski definition) is 3. The predicted octanol–water partition coefficient (Wildman–Crippen LogP) is 5.56. The maximum atomic E-state index is 12.9. The third kappa shape index (κ3) is 5.27. The molecule has 0 aliphatic rings. The average Bonchev–Trinajstić information content (AvgIpc) is 2.69. The Morgan fingerprint density at radius 3 is 2.32 bits per heavy atom. The average molecular weight is 457 g/mol. The molecule has 0 aliphatic carbocycles. The van der Waals surface area contributed by atoms with E-state index in [1.807, 2.05) is 39.0 Å². The number of hydrogen-bond donors (Lipinski definition) is 2. The molecule has 2 N–H and O–H groups in total. The van der Waals surface area contributed by atoms with Crippen LogP contribution in [0.5, 0.6) is 0 Å². The Bertz CT molecular complexity index is 1240. The van der Waals surface area contributed by atoms with Crippen molar-refractivity contribution in [3.63, 3.8) is 0 Å². The van der Waals surface area contributed by atoms with Crippen LogP contribution in [0.2, 0.25) is 5.02 Å². The molecule has 0 aromatic heterocycles. The molecule has 0 saturated carbocycles. The summed E-state index contributed by atoms with van der Waals surface area (Å²) in [5.74, 6) is -0.378. The quantitative estimate of drug-likeness (QED) is 0.510. The highest BCUT2D eigenvalue weighted by atomic mass is 35.5. The molecular formula is C24H25ClN2O3S. The lowest BCUT2D eigenvalue weighted by molar-refractivity contribution is 0.0939. The third-order valence-corrected chi connectivity index (χ3v) is 6.96. The molecule has 0 fully saturated rings. The molecule has 0 bridgehead atoms. The van der Waals surface area contributed by atoms with Gasteiger partial charge in [-0.15, -0.1) is 0 Å². The minimum Gasteiger partial charge on any atom is -0.346 e. The van der Waals surface area contributed by atoms with Crippen LogP contribution >= 0.6 is 11.6 Å². The smallest absolute Gasteiger partial charge is 0.263 e. The summed E-state index contributed by atoms with van der Waals surface area (Å²) >= 11 is 6.18. The van der Waals surface area contributed by atoms with Gasteiger partial charge in [0.15, 0.2) is 0 Å². The maximum absolute atomic E-state index is 12.9. The number of carbonyl (C=O) groups is 1. The first-order valence-electron chi connectivity index (χ1n) is 9.84. The molecular weight excluding hydrogens is 432 g/mol. The van der Waals surface area contributed by atoms with Crippen molar-refractivity contribution in [2.24, 2.45) is 0 Å². The van der Waals surface area contributed by atoms with Gasteiger partial charge in [0.05, 0.1) is 16.8 Å². The van der Waals surface area contributed by atoms with E-state index in [0.717, 1.165) is 22.3 Å². The first-order valence-corrected chi connectivity index (χ1v) is 11.7. The minimum absolute atomic E-state index is 0.0417. The molecule has 0 spiro atoms. The predicted molar refractivity (Wildman–Crippen MR) is 125 cm³/mol. The van der Waals surface area contributed by atoms with Crippen LogP contribution in [0.1, 0.15) is 45.6 Å². The lowest BCUT2D eigenvalue weighted by Crippen LogP contribution is -2.27. The van der Waals surface area contributed by atoms with Gasteiger partial charge in [0.2, 0.25) is 0 Å². The lowest BCUT2D eigenvalue weighted by Gasteiger charge is -2.18. The SMILES string of the molecule is Cc1ccc([C@H](C)NC(=O)c2ccc(Cl)c(S(=O)(=O)Nc3ccccc3C)c2)c(C)c1. The normalized spacial score (nSPS) is 12.3. The second-order valence-corrected chi connectivity index (χ2v) is 9.68. The zero-order valence-electron chi connectivity index (χ0n) is 17.9. The van der Waals surface area contributed by atoms with Crippen LogP contribution in [0, 0.1) is 20.8 Å². The van der Waals surface area contributed by atoms with E-state index in [2.05, 4.69) is 16.1 Å². The van der Waals surface area contributed by atoms with E-state index < -0.39 is 10.0 Å². The van der Waals surface area contributed by atoms with Crippen molar-refractivity contribution in [2.75, 3.05) is 4.72 Å². The Hall–Kier alpha value is -2.83. The van der Waals surface area contributed by atoms with Gasteiger partial charge in [-0.05, 0) is 68.7 Å². The van der Waals surface area contributed by atoms with Crippen molar-refractivity contribution < 1.29 is 13.2 Å². The van der Waals surface area contributed by atoms with Gasteiger partial charge < -0.3 is 5.32 Å². The van der Waals surface area contributed by atoms with E-state index in [1.54, 1.807) is 25.1 Å². The zero-order valence-corrected chi connectivity index (χ0v) is 19.4. The lowest BCUT2D eigenvalue weighted by atomic mass is 10.00. The summed E-state index contributed by atoms with van der Waals surface area (Å²) in [7, 11) is -3.98. The number of rotatable bonds is 6. The molecule has 0 aliphatic heterocycles. The molecule has 0 saturated heterocycles. The molecule has 7 heteroatoms. The van der Waals surface area contributed by atoms with Gasteiger partial charge in [0, 0.05) is 5.56 Å². The second-order valence-electron chi connectivity index (χ2n) is 7.62. The molecule has 1 atom stereocenters. The molecule has 0 unspecified atom stereocenters. The van der Waals surface area contributed by atoms with Crippen molar-refractivity contribution in [1.82, 2.24) is 5.32 Å². The zero-order chi connectivity index (χ0) is 22.8. The van der Waals surface area contributed by atoms with Crippen LogP contribution < -0.4 is 10.0 Å².